The van der Waals surface area contributed by atoms with Crippen LogP contribution in [0.4, 0.5) is 9.59 Å². The van der Waals surface area contributed by atoms with E-state index in [1.807, 2.05) is 0 Å². The van der Waals surface area contributed by atoms with Crippen LogP contribution in [0.2, 0.25) is 0 Å². The summed E-state index contributed by atoms with van der Waals surface area (Å²) in [5.41, 5.74) is 0. The Hall–Kier alpha value is -6.29. The van der Waals surface area contributed by atoms with E-state index >= 15 is 0 Å². The number of amides is 13. The number of hydrogen-bond donors (Lipinski definition) is 3. The highest BCUT2D eigenvalue weighted by Gasteiger charge is 2.39. The lowest BCUT2D eigenvalue weighted by Crippen LogP contribution is -2.37. The average Bonchev–Trinajstić information content (AvgIpc) is 4.02. The molecular formula is C30H36N6O20S2. The fourth-order valence-corrected chi connectivity index (χ4v) is 4.46. The van der Waals surface area contributed by atoms with E-state index in [-0.39, 0.29) is 114 Å². The second-order valence-corrected chi connectivity index (χ2v) is 10.9. The van der Waals surface area contributed by atoms with Crippen LogP contribution in [0.25, 0.3) is 0 Å². The molecule has 6 saturated heterocycles. The van der Waals surface area contributed by atoms with Gasteiger partial charge in [0.25, 0.3) is 59.1 Å². The second kappa shape index (κ2) is 23.7. The van der Waals surface area contributed by atoms with Crippen molar-refractivity contribution in [1.29, 1.82) is 2.25 Å². The van der Waals surface area contributed by atoms with Crippen LogP contribution in [0, 0.1) is 0 Å². The number of carbonyl (C=O) groups is 15. The van der Waals surface area contributed by atoms with Crippen LogP contribution in [-0.2, 0) is 81.7 Å². The lowest BCUT2D eigenvalue weighted by molar-refractivity contribution is -0.199. The molecule has 6 aliphatic rings. The fraction of sp³-hybridized carbons (Fsp3) is 0.500. The minimum atomic E-state index is -1.48. The highest BCUT2D eigenvalue weighted by molar-refractivity contribution is 7.79. The number of carbonyl (C=O) groups excluding carboxylic acids is 15. The van der Waals surface area contributed by atoms with E-state index in [1.54, 1.807) is 12.5 Å². The molecule has 28 heteroatoms. The molecule has 6 heterocycles. The highest BCUT2D eigenvalue weighted by Crippen LogP contribution is 2.18. The molecule has 6 aliphatic heterocycles. The van der Waals surface area contributed by atoms with Crippen LogP contribution in [-0.4, -0.2) is 139 Å². The Kier molecular flexibility index (Phi) is 18.8. The molecule has 26 nitrogen and oxygen atoms in total. The molecule has 318 valence electrons. The minimum absolute atomic E-state index is 0.0618. The number of thiol groups is 2. The van der Waals surface area contributed by atoms with Crippen LogP contribution < -0.4 is 0 Å². The van der Waals surface area contributed by atoms with Gasteiger partial charge in [-0.2, -0.15) is 39.7 Å². The minimum Gasteiger partial charge on any atom is -0.293 e. The monoisotopic (exact) mass is 866 g/mol. The van der Waals surface area contributed by atoms with Crippen LogP contribution in [0.1, 0.15) is 84.0 Å². The van der Waals surface area contributed by atoms with Gasteiger partial charge in [0.1, 0.15) is 2.25 Å². The Bertz CT molecular complexity index is 1540. The van der Waals surface area contributed by atoms with Crippen LogP contribution in [0.3, 0.4) is 0 Å². The summed E-state index contributed by atoms with van der Waals surface area (Å²) in [5.74, 6) is -7.72. The summed E-state index contributed by atoms with van der Waals surface area (Å²) in [6.07, 6.45) is 0.608. The molecule has 0 aliphatic carbocycles. The molecule has 0 bridgehead atoms. The first-order valence-corrected chi connectivity index (χ1v) is 17.9. The molecule has 0 unspecified atom stereocenters. The van der Waals surface area contributed by atoms with Gasteiger partial charge in [0.2, 0.25) is 17.7 Å². The van der Waals surface area contributed by atoms with Crippen molar-refractivity contribution in [2.45, 2.75) is 84.0 Å². The van der Waals surface area contributed by atoms with E-state index in [2.05, 4.69) is 19.4 Å². The Balaban J connectivity index is 0.000000399. The topological polar surface area (TPSA) is 333 Å². The maximum Gasteiger partial charge on any atom is 0.560 e. The Morgan fingerprint density at radius 1 is 0.431 bits per heavy atom. The molecule has 13 amide bonds. The van der Waals surface area contributed by atoms with Crippen molar-refractivity contribution in [3.05, 3.63) is 0 Å². The summed E-state index contributed by atoms with van der Waals surface area (Å²) < 4.78 is 12.2. The molecule has 0 aromatic heterocycles. The van der Waals surface area contributed by atoms with Gasteiger partial charge >= 0.3 is 12.3 Å². The SMILES string of the molecule is CC(=O)N1C(=O)CCC1=O.O=C(ON1C(=O)CCC1=O)ON1C(=O)CCC1=O.O=C(ON1C(=O)CCC1=O)ON1C(=O)CCC1=O.O=C1CCC(=O)N1O.[2H]SC.[2H]SC. The molecule has 0 spiro atoms. The van der Waals surface area contributed by atoms with E-state index in [0.717, 1.165) is 25.1 Å². The summed E-state index contributed by atoms with van der Waals surface area (Å²) in [7, 11) is 0. The molecule has 58 heavy (non-hydrogen) atoms. The Morgan fingerprint density at radius 3 is 0.741 bits per heavy atom. The smallest absolute Gasteiger partial charge is 0.293 e. The molecule has 0 radical (unpaired) electrons. The zero-order valence-electron chi connectivity index (χ0n) is 32.7. The van der Waals surface area contributed by atoms with Gasteiger partial charge in [-0.3, -0.25) is 86.9 Å². The van der Waals surface area contributed by atoms with Crippen molar-refractivity contribution in [2.75, 3.05) is 12.5 Å². The standard InChI is InChI=1S/2C9H8N2O7.C6H7NO3.C4H5NO3.2CH4S/c2*12-5-1-2-6(13)10(5)17-9(16)18-11-7(14)3-4-8(11)15;1-4(8)7-5(9)2-3-6(7)10;6-3-1-2-4(7)5(3)8;2*1-2/h2*1-4H2;2-3H2,1H3;8H,1-2H2;2*2H,1H3/i/hD2. The number of hydroxylamine groups is 10. The molecule has 1 N–H and O–H groups in total. The van der Waals surface area contributed by atoms with Gasteiger partial charge in [-0.1, -0.05) is 20.3 Å². The summed E-state index contributed by atoms with van der Waals surface area (Å²) in [6.45, 7) is 1.21. The van der Waals surface area contributed by atoms with Crippen molar-refractivity contribution >= 4 is 114 Å². The van der Waals surface area contributed by atoms with Crippen LogP contribution >= 0.6 is 25.1 Å². The third-order valence-electron chi connectivity index (χ3n) is 7.08. The zero-order chi connectivity index (χ0) is 45.9. The maximum atomic E-state index is 11.2. The molecule has 6 rings (SSSR count). The van der Waals surface area contributed by atoms with Gasteiger partial charge in [0.05, 0.1) is 0 Å². The lowest BCUT2D eigenvalue weighted by Gasteiger charge is -2.15. The quantitative estimate of drug-likeness (QED) is 0.170. The van der Waals surface area contributed by atoms with Crippen molar-refractivity contribution in [1.82, 2.24) is 30.2 Å². The van der Waals surface area contributed by atoms with Crippen LogP contribution in [0.5, 0.6) is 0 Å². The van der Waals surface area contributed by atoms with Gasteiger partial charge in [0, 0.05) is 84.0 Å². The Labute approximate surface area is 339 Å². The van der Waals surface area contributed by atoms with Gasteiger partial charge in [-0.05, 0) is 12.5 Å². The number of rotatable bonds is 4. The zero-order valence-corrected chi connectivity index (χ0v) is 32.3. The Morgan fingerprint density at radius 2 is 0.603 bits per heavy atom. The number of hydrogen-bond acceptors (Lipinski definition) is 22. The summed E-state index contributed by atoms with van der Waals surface area (Å²) in [4.78, 5) is 182. The predicted octanol–water partition coefficient (Wildman–Crippen LogP) is -1.17. The van der Waals surface area contributed by atoms with Gasteiger partial charge in [-0.25, -0.2) is 4.90 Å². The fourth-order valence-electron chi connectivity index (χ4n) is 4.46. The third-order valence-corrected chi connectivity index (χ3v) is 7.08. The number of imide groups is 8. The van der Waals surface area contributed by atoms with Crippen LogP contribution in [0.15, 0.2) is 0 Å². The first-order valence-electron chi connectivity index (χ1n) is 17.1. The molecule has 0 aromatic carbocycles. The van der Waals surface area contributed by atoms with E-state index in [0.29, 0.717) is 4.90 Å². The molecule has 6 fully saturated rings. The van der Waals surface area contributed by atoms with Gasteiger partial charge in [-0.15, -0.1) is 0 Å². The molecular weight excluding hydrogens is 828 g/mol. The lowest BCUT2D eigenvalue weighted by atomic mass is 10.4. The van der Waals surface area contributed by atoms with Gasteiger partial charge < -0.3 is 0 Å². The average molecular weight is 867 g/mol. The summed E-state index contributed by atoms with van der Waals surface area (Å²) in [5, 5.41) is 9.60. The third kappa shape index (κ3) is 14.0. The van der Waals surface area contributed by atoms with Crippen molar-refractivity contribution in [3.8, 4) is 0 Å². The maximum absolute atomic E-state index is 11.2. The first kappa shape index (κ1) is 46.1. The van der Waals surface area contributed by atoms with E-state index in [4.69, 9.17) is 7.45 Å². The van der Waals surface area contributed by atoms with E-state index in [1.165, 1.54) is 6.92 Å². The number of likely N-dealkylation sites (tertiary alicyclic amines) is 1. The van der Waals surface area contributed by atoms with Gasteiger partial charge in [0.15, 0.2) is 0 Å². The predicted molar refractivity (Wildman–Crippen MR) is 184 cm³/mol. The first-order chi connectivity index (χ1) is 28.1. The number of nitrogens with zero attached hydrogens (tertiary/aromatic N) is 6. The summed E-state index contributed by atoms with van der Waals surface area (Å²) >= 11 is 2.00. The second-order valence-electron chi connectivity index (χ2n) is 10.9. The summed E-state index contributed by atoms with van der Waals surface area (Å²) in [6, 6.07) is 0. The molecule has 0 atom stereocenters. The molecule has 0 saturated carbocycles. The normalized spacial score (nSPS) is 18.9. The largest absolute Gasteiger partial charge is 0.560 e. The van der Waals surface area contributed by atoms with Crippen molar-refractivity contribution in [3.63, 3.8) is 0 Å². The highest BCUT2D eigenvalue weighted by atomic mass is 32.1. The van der Waals surface area contributed by atoms with Crippen molar-refractivity contribution < 1.29 is 96.5 Å². The van der Waals surface area contributed by atoms with E-state index in [9.17, 15) is 71.9 Å². The van der Waals surface area contributed by atoms with Crippen molar-refractivity contribution in [2.24, 2.45) is 0 Å². The molecule has 0 aromatic rings. The van der Waals surface area contributed by atoms with E-state index < -0.39 is 77.3 Å².